The smallest absolute Gasteiger partial charge is 0.271 e. The van der Waals surface area contributed by atoms with E-state index in [1.807, 2.05) is 19.1 Å². The fraction of sp³-hybridized carbons (Fsp3) is 0.381. The number of hydrogen-bond donors (Lipinski definition) is 1. The van der Waals surface area contributed by atoms with Crippen LogP contribution in [0.1, 0.15) is 29.5 Å². The van der Waals surface area contributed by atoms with Gasteiger partial charge >= 0.3 is 0 Å². The average molecular weight is 367 g/mol. The van der Waals surface area contributed by atoms with E-state index in [4.69, 9.17) is 0 Å². The van der Waals surface area contributed by atoms with Crippen molar-refractivity contribution in [3.63, 3.8) is 0 Å². The normalized spacial score (nSPS) is 17.5. The molecule has 2 aromatic rings. The summed E-state index contributed by atoms with van der Waals surface area (Å²) in [6.45, 7) is 6.47. The third kappa shape index (κ3) is 4.71. The summed E-state index contributed by atoms with van der Waals surface area (Å²) in [6.07, 6.45) is 1.81. The van der Waals surface area contributed by atoms with Gasteiger partial charge in [-0.15, -0.1) is 0 Å². The van der Waals surface area contributed by atoms with Gasteiger partial charge in [0.05, 0.1) is 16.5 Å². The molecular formula is C21H25N3O3. The van der Waals surface area contributed by atoms with E-state index >= 15 is 0 Å². The molecule has 6 nitrogen and oxygen atoms in total. The summed E-state index contributed by atoms with van der Waals surface area (Å²) in [4.78, 5) is 25.6. The molecule has 1 unspecified atom stereocenters. The van der Waals surface area contributed by atoms with Gasteiger partial charge in [-0.25, -0.2) is 0 Å². The molecule has 6 heteroatoms. The second kappa shape index (κ2) is 8.31. The number of nitro groups is 1. The van der Waals surface area contributed by atoms with Gasteiger partial charge < -0.3 is 5.32 Å². The number of nitrogens with zero attached hydrogens (tertiary/aromatic N) is 2. The first-order valence-corrected chi connectivity index (χ1v) is 9.27. The highest BCUT2D eigenvalue weighted by molar-refractivity contribution is 5.93. The quantitative estimate of drug-likeness (QED) is 0.639. The molecule has 1 fully saturated rings. The van der Waals surface area contributed by atoms with E-state index in [0.29, 0.717) is 12.2 Å². The molecule has 1 aliphatic heterocycles. The van der Waals surface area contributed by atoms with Gasteiger partial charge in [-0.05, 0) is 49.9 Å². The van der Waals surface area contributed by atoms with E-state index in [1.54, 1.807) is 6.07 Å². The molecule has 3 rings (SSSR count). The van der Waals surface area contributed by atoms with Crippen molar-refractivity contribution in [2.75, 3.05) is 18.4 Å². The van der Waals surface area contributed by atoms with Crippen molar-refractivity contribution in [3.05, 3.63) is 69.3 Å². The zero-order valence-corrected chi connectivity index (χ0v) is 15.8. The number of benzene rings is 2. The van der Waals surface area contributed by atoms with Crippen LogP contribution in [0.15, 0.2) is 42.5 Å². The maximum atomic E-state index is 12.8. The SMILES string of the molecule is Cc1ccccc1CN1CCCC(C(=O)Nc2cc([N+](=O)[O-])ccc2C)C1. The predicted octanol–water partition coefficient (Wildman–Crippen LogP) is 4.06. The summed E-state index contributed by atoms with van der Waals surface area (Å²) in [5.41, 5.74) is 3.87. The molecule has 1 saturated heterocycles. The number of likely N-dealkylation sites (tertiary alicyclic amines) is 1. The molecule has 1 heterocycles. The molecule has 0 saturated carbocycles. The number of amides is 1. The maximum Gasteiger partial charge on any atom is 0.271 e. The minimum Gasteiger partial charge on any atom is -0.325 e. The van der Waals surface area contributed by atoms with Crippen LogP contribution in [0.3, 0.4) is 0 Å². The second-order valence-electron chi connectivity index (χ2n) is 7.25. The van der Waals surface area contributed by atoms with Crippen molar-refractivity contribution in [1.29, 1.82) is 0 Å². The molecule has 1 N–H and O–H groups in total. The number of nitrogens with one attached hydrogen (secondary N) is 1. The number of nitro benzene ring substituents is 1. The molecule has 0 spiro atoms. The van der Waals surface area contributed by atoms with Crippen LogP contribution in [0.2, 0.25) is 0 Å². The molecule has 2 aromatic carbocycles. The number of non-ortho nitro benzene ring substituents is 1. The Bertz CT molecular complexity index is 850. The highest BCUT2D eigenvalue weighted by Crippen LogP contribution is 2.25. The lowest BCUT2D eigenvalue weighted by Crippen LogP contribution is -2.40. The Morgan fingerprint density at radius 2 is 2.00 bits per heavy atom. The monoisotopic (exact) mass is 367 g/mol. The van der Waals surface area contributed by atoms with Crippen molar-refractivity contribution in [1.82, 2.24) is 4.90 Å². The van der Waals surface area contributed by atoms with Crippen LogP contribution >= 0.6 is 0 Å². The molecule has 142 valence electrons. The lowest BCUT2D eigenvalue weighted by molar-refractivity contribution is -0.384. The van der Waals surface area contributed by atoms with Crippen LogP contribution in [0.5, 0.6) is 0 Å². The zero-order valence-electron chi connectivity index (χ0n) is 15.8. The molecule has 1 aliphatic rings. The number of hydrogen-bond acceptors (Lipinski definition) is 4. The van der Waals surface area contributed by atoms with Crippen LogP contribution in [-0.2, 0) is 11.3 Å². The number of piperidine rings is 1. The lowest BCUT2D eigenvalue weighted by atomic mass is 9.96. The standard InChI is InChI=1S/C21H25N3O3/c1-15-6-3-4-7-17(15)13-23-11-5-8-18(14-23)21(25)22-20-12-19(24(26)27)10-9-16(20)2/h3-4,6-7,9-10,12,18H,5,8,11,13-14H2,1-2H3,(H,22,25). The molecule has 27 heavy (non-hydrogen) atoms. The summed E-state index contributed by atoms with van der Waals surface area (Å²) in [7, 11) is 0. The summed E-state index contributed by atoms with van der Waals surface area (Å²) in [5, 5.41) is 13.9. The molecule has 0 aliphatic carbocycles. The highest BCUT2D eigenvalue weighted by Gasteiger charge is 2.26. The van der Waals surface area contributed by atoms with Crippen LogP contribution < -0.4 is 5.32 Å². The van der Waals surface area contributed by atoms with Gasteiger partial charge in [0.2, 0.25) is 5.91 Å². The van der Waals surface area contributed by atoms with E-state index in [0.717, 1.165) is 31.5 Å². The number of carbonyl (C=O) groups is 1. The van der Waals surface area contributed by atoms with E-state index in [1.165, 1.54) is 23.3 Å². The first kappa shape index (κ1) is 19.0. The lowest BCUT2D eigenvalue weighted by Gasteiger charge is -2.32. The largest absolute Gasteiger partial charge is 0.325 e. The fourth-order valence-corrected chi connectivity index (χ4v) is 3.53. The summed E-state index contributed by atoms with van der Waals surface area (Å²) >= 11 is 0. The van der Waals surface area contributed by atoms with Crippen molar-refractivity contribution >= 4 is 17.3 Å². The first-order chi connectivity index (χ1) is 12.9. The number of carbonyl (C=O) groups excluding carboxylic acids is 1. The molecule has 0 radical (unpaired) electrons. The fourth-order valence-electron chi connectivity index (χ4n) is 3.53. The molecule has 0 bridgehead atoms. The number of anilines is 1. The molecule has 1 atom stereocenters. The van der Waals surface area contributed by atoms with Gasteiger partial charge in [0.1, 0.15) is 0 Å². The third-order valence-corrected chi connectivity index (χ3v) is 5.22. The average Bonchev–Trinajstić information content (AvgIpc) is 2.65. The summed E-state index contributed by atoms with van der Waals surface area (Å²) in [6, 6.07) is 12.9. The molecular weight excluding hydrogens is 342 g/mol. The number of rotatable bonds is 5. The van der Waals surface area contributed by atoms with E-state index < -0.39 is 4.92 Å². The van der Waals surface area contributed by atoms with Crippen LogP contribution in [0, 0.1) is 29.9 Å². The summed E-state index contributed by atoms with van der Waals surface area (Å²) in [5.74, 6) is -0.172. The topological polar surface area (TPSA) is 75.5 Å². The van der Waals surface area contributed by atoms with Crippen molar-refractivity contribution in [2.24, 2.45) is 5.92 Å². The van der Waals surface area contributed by atoms with Crippen LogP contribution in [0.4, 0.5) is 11.4 Å². The van der Waals surface area contributed by atoms with Crippen molar-refractivity contribution in [3.8, 4) is 0 Å². The van der Waals surface area contributed by atoms with Crippen molar-refractivity contribution in [2.45, 2.75) is 33.2 Å². The minimum atomic E-state index is -0.445. The maximum absolute atomic E-state index is 12.8. The van der Waals surface area contributed by atoms with Crippen LogP contribution in [0.25, 0.3) is 0 Å². The van der Waals surface area contributed by atoms with Gasteiger partial charge in [0.25, 0.3) is 5.69 Å². The Morgan fingerprint density at radius 3 is 2.74 bits per heavy atom. The molecule has 1 amide bonds. The Hall–Kier alpha value is -2.73. The second-order valence-corrected chi connectivity index (χ2v) is 7.25. The Labute approximate surface area is 159 Å². The molecule has 0 aromatic heterocycles. The summed E-state index contributed by atoms with van der Waals surface area (Å²) < 4.78 is 0. The van der Waals surface area contributed by atoms with E-state index in [9.17, 15) is 14.9 Å². The van der Waals surface area contributed by atoms with Crippen LogP contribution in [-0.4, -0.2) is 28.8 Å². The zero-order chi connectivity index (χ0) is 19.4. The minimum absolute atomic E-state index is 0.0132. The highest BCUT2D eigenvalue weighted by atomic mass is 16.6. The third-order valence-electron chi connectivity index (χ3n) is 5.22. The predicted molar refractivity (Wildman–Crippen MR) is 106 cm³/mol. The van der Waals surface area contributed by atoms with Gasteiger partial charge in [-0.3, -0.25) is 19.8 Å². The van der Waals surface area contributed by atoms with Gasteiger partial charge in [-0.2, -0.15) is 0 Å². The number of aryl methyl sites for hydroxylation is 2. The van der Waals surface area contributed by atoms with Gasteiger partial charge in [0.15, 0.2) is 0 Å². The van der Waals surface area contributed by atoms with Gasteiger partial charge in [0, 0.05) is 25.2 Å². The first-order valence-electron chi connectivity index (χ1n) is 9.27. The Morgan fingerprint density at radius 1 is 1.22 bits per heavy atom. The Balaban J connectivity index is 1.66. The van der Waals surface area contributed by atoms with E-state index in [-0.39, 0.29) is 17.5 Å². The van der Waals surface area contributed by atoms with E-state index in [2.05, 4.69) is 29.3 Å². The Kier molecular flexibility index (Phi) is 5.86. The van der Waals surface area contributed by atoms with Crippen molar-refractivity contribution < 1.29 is 9.72 Å². The van der Waals surface area contributed by atoms with Gasteiger partial charge in [-0.1, -0.05) is 30.3 Å².